The lowest BCUT2D eigenvalue weighted by atomic mass is 9.79. The van der Waals surface area contributed by atoms with E-state index in [9.17, 15) is 0 Å². The van der Waals surface area contributed by atoms with Crippen LogP contribution in [0.4, 0.5) is 0 Å². The van der Waals surface area contributed by atoms with E-state index in [1.165, 1.54) is 37.8 Å². The zero-order valence-corrected chi connectivity index (χ0v) is 15.3. The zero-order chi connectivity index (χ0) is 14.9. The number of nitrogens with zero attached hydrogens (tertiary/aromatic N) is 1. The van der Waals surface area contributed by atoms with E-state index >= 15 is 0 Å². The summed E-state index contributed by atoms with van der Waals surface area (Å²) in [5, 5.41) is 0. The first-order valence-electron chi connectivity index (χ1n) is 7.63. The summed E-state index contributed by atoms with van der Waals surface area (Å²) >= 11 is 9.05. The molecule has 1 N–H and O–H groups in total. The molecule has 1 heterocycles. The van der Waals surface area contributed by atoms with Gasteiger partial charge in [-0.2, -0.15) is 0 Å². The number of aromatic nitrogens is 2. The molecule has 1 saturated carbocycles. The number of nitrogens with one attached hydrogen (secondary N) is 1. The van der Waals surface area contributed by atoms with E-state index in [1.807, 2.05) is 0 Å². The third kappa shape index (κ3) is 3.51. The summed E-state index contributed by atoms with van der Waals surface area (Å²) in [5.74, 6) is 2.49. The Morgan fingerprint density at radius 1 is 1.35 bits per heavy atom. The molecule has 1 fully saturated rings. The Labute approximate surface area is 135 Å². The van der Waals surface area contributed by atoms with E-state index in [1.54, 1.807) is 0 Å². The first kappa shape index (κ1) is 16.2. The summed E-state index contributed by atoms with van der Waals surface area (Å²) in [6.07, 6.45) is 6.45. The minimum Gasteiger partial charge on any atom is -0.345 e. The molecule has 4 heteroatoms. The second-order valence-corrected chi connectivity index (χ2v) is 8.18. The molecule has 0 aliphatic heterocycles. The van der Waals surface area contributed by atoms with Crippen LogP contribution in [0.2, 0.25) is 0 Å². The van der Waals surface area contributed by atoms with Gasteiger partial charge in [0.15, 0.2) is 0 Å². The number of aromatic amines is 1. The summed E-state index contributed by atoms with van der Waals surface area (Å²) < 4.78 is 1.65. The van der Waals surface area contributed by atoms with E-state index < -0.39 is 0 Å². The number of rotatable bonds is 2. The lowest BCUT2D eigenvalue weighted by Crippen LogP contribution is -2.20. The van der Waals surface area contributed by atoms with Crippen molar-refractivity contribution in [2.45, 2.75) is 71.1 Å². The molecule has 1 aliphatic carbocycles. The fourth-order valence-corrected chi connectivity index (χ4v) is 4.08. The van der Waals surface area contributed by atoms with Gasteiger partial charge in [-0.05, 0) is 34.7 Å². The van der Waals surface area contributed by atoms with Crippen molar-refractivity contribution in [3.63, 3.8) is 0 Å². The number of hydrogen-bond donors (Lipinski definition) is 1. The van der Waals surface area contributed by atoms with Crippen LogP contribution in [0.5, 0.6) is 0 Å². The van der Waals surface area contributed by atoms with Gasteiger partial charge in [0.05, 0.1) is 4.47 Å². The fraction of sp³-hybridized carbons (Fsp3) is 0.750. The number of halogens is 1. The second-order valence-electron chi connectivity index (χ2n) is 7.00. The van der Waals surface area contributed by atoms with Gasteiger partial charge >= 0.3 is 0 Å². The van der Waals surface area contributed by atoms with Crippen molar-refractivity contribution < 1.29 is 0 Å². The smallest absolute Gasteiger partial charge is 0.144 e. The maximum Gasteiger partial charge on any atom is 0.144 e. The molecule has 112 valence electrons. The van der Waals surface area contributed by atoms with Gasteiger partial charge in [-0.3, -0.25) is 0 Å². The van der Waals surface area contributed by atoms with E-state index in [2.05, 4.69) is 53.6 Å². The molecule has 2 atom stereocenters. The van der Waals surface area contributed by atoms with Crippen LogP contribution in [0.25, 0.3) is 0 Å². The van der Waals surface area contributed by atoms with Gasteiger partial charge < -0.3 is 4.98 Å². The molecule has 0 saturated heterocycles. The highest BCUT2D eigenvalue weighted by Crippen LogP contribution is 2.37. The SMILES string of the molecule is CCC1CCCC(c2nc(=S)c(Br)c(C(C)(C)C)[nH]2)C1. The number of H-pyrrole nitrogens is 1. The van der Waals surface area contributed by atoms with Crippen molar-refractivity contribution in [3.05, 3.63) is 20.6 Å². The largest absolute Gasteiger partial charge is 0.345 e. The molecule has 0 amide bonds. The molecule has 2 rings (SSSR count). The average molecular weight is 357 g/mol. The Hall–Kier alpha value is -0.220. The van der Waals surface area contributed by atoms with Crippen LogP contribution in [0.15, 0.2) is 4.47 Å². The molecule has 1 aromatic rings. The summed E-state index contributed by atoms with van der Waals surface area (Å²) in [6, 6.07) is 0. The van der Waals surface area contributed by atoms with Gasteiger partial charge in [-0.15, -0.1) is 0 Å². The van der Waals surface area contributed by atoms with Crippen LogP contribution in [0.3, 0.4) is 0 Å². The maximum absolute atomic E-state index is 5.45. The molecule has 2 unspecified atom stereocenters. The van der Waals surface area contributed by atoms with Crippen LogP contribution in [0, 0.1) is 10.6 Å². The van der Waals surface area contributed by atoms with Gasteiger partial charge in [-0.25, -0.2) is 4.98 Å². The van der Waals surface area contributed by atoms with Crippen molar-refractivity contribution >= 4 is 28.1 Å². The highest BCUT2D eigenvalue weighted by Gasteiger charge is 2.26. The normalized spacial score (nSPS) is 23.9. The third-order valence-electron chi connectivity index (χ3n) is 4.38. The van der Waals surface area contributed by atoms with Crippen LogP contribution in [0.1, 0.15) is 77.2 Å². The van der Waals surface area contributed by atoms with Gasteiger partial charge in [0.1, 0.15) is 10.5 Å². The molecule has 0 bridgehead atoms. The molecule has 2 nitrogen and oxygen atoms in total. The Morgan fingerprint density at radius 3 is 2.65 bits per heavy atom. The first-order valence-corrected chi connectivity index (χ1v) is 8.83. The van der Waals surface area contributed by atoms with Gasteiger partial charge in [0.2, 0.25) is 0 Å². The minimum absolute atomic E-state index is 0.0446. The summed E-state index contributed by atoms with van der Waals surface area (Å²) in [6.45, 7) is 8.92. The van der Waals surface area contributed by atoms with E-state index in [4.69, 9.17) is 12.2 Å². The van der Waals surface area contributed by atoms with Crippen molar-refractivity contribution in [1.82, 2.24) is 9.97 Å². The van der Waals surface area contributed by atoms with Crippen molar-refractivity contribution in [3.8, 4) is 0 Å². The topological polar surface area (TPSA) is 28.7 Å². The third-order valence-corrected chi connectivity index (χ3v) is 5.71. The Morgan fingerprint density at radius 2 is 2.05 bits per heavy atom. The first-order chi connectivity index (χ1) is 9.32. The Kier molecular flexibility index (Phi) is 5.06. The lowest BCUT2D eigenvalue weighted by Gasteiger charge is -2.29. The van der Waals surface area contributed by atoms with E-state index in [0.717, 1.165) is 16.2 Å². The lowest BCUT2D eigenvalue weighted by molar-refractivity contribution is 0.306. The molecule has 1 aliphatic rings. The molecule has 0 spiro atoms. The van der Waals surface area contributed by atoms with Gasteiger partial charge in [-0.1, -0.05) is 59.2 Å². The minimum atomic E-state index is 0.0446. The van der Waals surface area contributed by atoms with Crippen molar-refractivity contribution in [2.24, 2.45) is 5.92 Å². The standard InChI is InChI=1S/C16H25BrN2S/c1-5-10-7-6-8-11(9-10)14-18-13(16(2,3)4)12(17)15(20)19-14/h10-11H,5-9H2,1-4H3,(H,18,19,20). The average Bonchev–Trinajstić information content (AvgIpc) is 2.40. The van der Waals surface area contributed by atoms with Gasteiger partial charge in [0, 0.05) is 17.0 Å². The quantitative estimate of drug-likeness (QED) is 0.669. The van der Waals surface area contributed by atoms with Crippen molar-refractivity contribution in [1.29, 1.82) is 0 Å². The second kappa shape index (κ2) is 6.27. The maximum atomic E-state index is 5.45. The molecule has 0 radical (unpaired) electrons. The molecule has 20 heavy (non-hydrogen) atoms. The van der Waals surface area contributed by atoms with Gasteiger partial charge in [0.25, 0.3) is 0 Å². The summed E-state index contributed by atoms with van der Waals surface area (Å²) in [7, 11) is 0. The zero-order valence-electron chi connectivity index (χ0n) is 12.9. The van der Waals surface area contributed by atoms with Crippen LogP contribution < -0.4 is 0 Å². The van der Waals surface area contributed by atoms with Crippen LogP contribution in [-0.2, 0) is 5.41 Å². The predicted octanol–water partition coefficient (Wildman–Crippen LogP) is 5.88. The Balaban J connectivity index is 2.38. The number of hydrogen-bond acceptors (Lipinski definition) is 2. The molecule has 1 aromatic heterocycles. The monoisotopic (exact) mass is 356 g/mol. The predicted molar refractivity (Wildman–Crippen MR) is 90.8 cm³/mol. The molecular weight excluding hydrogens is 332 g/mol. The fourth-order valence-electron chi connectivity index (χ4n) is 3.10. The summed E-state index contributed by atoms with van der Waals surface area (Å²) in [4.78, 5) is 8.23. The van der Waals surface area contributed by atoms with E-state index in [0.29, 0.717) is 10.6 Å². The molecular formula is C16H25BrN2S. The summed E-state index contributed by atoms with van der Waals surface area (Å²) in [5.41, 5.74) is 1.22. The highest BCUT2D eigenvalue weighted by atomic mass is 79.9. The van der Waals surface area contributed by atoms with Crippen LogP contribution in [-0.4, -0.2) is 9.97 Å². The van der Waals surface area contributed by atoms with Crippen LogP contribution >= 0.6 is 28.1 Å². The Bertz CT molecular complexity index is 530. The molecule has 0 aromatic carbocycles. The van der Waals surface area contributed by atoms with Crippen molar-refractivity contribution in [2.75, 3.05) is 0 Å². The van der Waals surface area contributed by atoms with E-state index in [-0.39, 0.29) is 5.41 Å². The highest BCUT2D eigenvalue weighted by molar-refractivity contribution is 9.10.